The molecule has 1 saturated carbocycles. The molecule has 1 aliphatic carbocycles. The van der Waals surface area contributed by atoms with Gasteiger partial charge < -0.3 is 9.30 Å². The Morgan fingerprint density at radius 1 is 1.45 bits per heavy atom. The first-order valence-electron chi connectivity index (χ1n) is 7.77. The molecule has 1 aliphatic rings. The average Bonchev–Trinajstić information content (AvgIpc) is 2.93. The number of hydrogen-bond donors (Lipinski definition) is 2. The second kappa shape index (κ2) is 7.20. The summed E-state index contributed by atoms with van der Waals surface area (Å²) in [6.07, 6.45) is 11.7. The lowest BCUT2D eigenvalue weighted by atomic mass is 9.78. The number of imidazole rings is 1. The Labute approximate surface area is 121 Å². The normalized spacial score (nSPS) is 19.9. The predicted molar refractivity (Wildman–Crippen MR) is 80.2 cm³/mol. The summed E-state index contributed by atoms with van der Waals surface area (Å²) in [6.45, 7) is 3.19. The van der Waals surface area contributed by atoms with Gasteiger partial charge in [0.25, 0.3) is 0 Å². The lowest BCUT2D eigenvalue weighted by Crippen LogP contribution is -2.56. The third kappa shape index (κ3) is 3.22. The van der Waals surface area contributed by atoms with Crippen LogP contribution in [0.1, 0.15) is 51.3 Å². The standard InChI is InChI=1S/C15H28N4O/c1-3-10-19-11-9-17-14(19)12-13(18-16)15(20-2)7-5-4-6-8-15/h9,11,13,18H,3-8,10,12,16H2,1-2H3. The van der Waals surface area contributed by atoms with Crippen molar-refractivity contribution in [1.82, 2.24) is 15.0 Å². The van der Waals surface area contributed by atoms with Crippen LogP contribution in [0.15, 0.2) is 12.4 Å². The summed E-state index contributed by atoms with van der Waals surface area (Å²) < 4.78 is 8.12. The number of nitrogens with two attached hydrogens (primary N) is 1. The van der Waals surface area contributed by atoms with Gasteiger partial charge in [-0.1, -0.05) is 26.2 Å². The molecule has 3 N–H and O–H groups in total. The zero-order chi connectivity index (χ0) is 14.4. The van der Waals surface area contributed by atoms with Crippen molar-refractivity contribution in [3.63, 3.8) is 0 Å². The molecule has 1 aromatic rings. The highest BCUT2D eigenvalue weighted by atomic mass is 16.5. The Bertz CT molecular complexity index is 398. The molecule has 5 heteroatoms. The average molecular weight is 280 g/mol. The van der Waals surface area contributed by atoms with Gasteiger partial charge in [0.05, 0.1) is 11.6 Å². The fourth-order valence-corrected chi connectivity index (χ4v) is 3.40. The zero-order valence-corrected chi connectivity index (χ0v) is 12.8. The van der Waals surface area contributed by atoms with Gasteiger partial charge in [-0.2, -0.15) is 0 Å². The smallest absolute Gasteiger partial charge is 0.110 e. The van der Waals surface area contributed by atoms with Crippen molar-refractivity contribution in [2.24, 2.45) is 5.84 Å². The van der Waals surface area contributed by atoms with E-state index < -0.39 is 0 Å². The van der Waals surface area contributed by atoms with Crippen LogP contribution in [0.2, 0.25) is 0 Å². The van der Waals surface area contributed by atoms with Crippen molar-refractivity contribution in [2.45, 2.75) is 70.1 Å². The van der Waals surface area contributed by atoms with Crippen LogP contribution >= 0.6 is 0 Å². The molecule has 0 spiro atoms. The van der Waals surface area contributed by atoms with Gasteiger partial charge in [0.2, 0.25) is 0 Å². The van der Waals surface area contributed by atoms with Crippen LogP contribution in [0.5, 0.6) is 0 Å². The molecule has 1 aromatic heterocycles. The molecule has 1 heterocycles. The summed E-state index contributed by atoms with van der Waals surface area (Å²) >= 11 is 0. The Balaban J connectivity index is 2.12. The molecule has 0 amide bonds. The van der Waals surface area contributed by atoms with E-state index >= 15 is 0 Å². The molecule has 5 nitrogen and oxygen atoms in total. The van der Waals surface area contributed by atoms with Crippen molar-refractivity contribution >= 4 is 0 Å². The Morgan fingerprint density at radius 3 is 2.80 bits per heavy atom. The van der Waals surface area contributed by atoms with Crippen LogP contribution in [0, 0.1) is 0 Å². The van der Waals surface area contributed by atoms with Crippen LogP contribution in [0.3, 0.4) is 0 Å². The summed E-state index contributed by atoms with van der Waals surface area (Å²) in [7, 11) is 1.81. The lowest BCUT2D eigenvalue weighted by Gasteiger charge is -2.42. The molecule has 1 fully saturated rings. The van der Waals surface area contributed by atoms with Gasteiger partial charge in [0, 0.05) is 32.5 Å². The van der Waals surface area contributed by atoms with Gasteiger partial charge >= 0.3 is 0 Å². The monoisotopic (exact) mass is 280 g/mol. The quantitative estimate of drug-likeness (QED) is 0.592. The number of nitrogens with one attached hydrogen (secondary N) is 1. The van der Waals surface area contributed by atoms with E-state index in [1.54, 1.807) is 0 Å². The summed E-state index contributed by atoms with van der Waals surface area (Å²) in [5, 5.41) is 0. The second-order valence-electron chi connectivity index (χ2n) is 5.79. The maximum atomic E-state index is 5.90. The van der Waals surface area contributed by atoms with E-state index in [9.17, 15) is 0 Å². The highest BCUT2D eigenvalue weighted by Crippen LogP contribution is 2.35. The molecule has 0 aromatic carbocycles. The maximum absolute atomic E-state index is 5.90. The van der Waals surface area contributed by atoms with Gasteiger partial charge in [0.1, 0.15) is 5.82 Å². The highest BCUT2D eigenvalue weighted by Gasteiger charge is 2.40. The summed E-state index contributed by atoms with van der Waals surface area (Å²) in [4.78, 5) is 4.49. The van der Waals surface area contributed by atoms with Gasteiger partial charge in [-0.25, -0.2) is 4.98 Å². The van der Waals surface area contributed by atoms with E-state index in [0.29, 0.717) is 0 Å². The zero-order valence-electron chi connectivity index (χ0n) is 12.8. The molecule has 114 valence electrons. The fraction of sp³-hybridized carbons (Fsp3) is 0.800. The van der Waals surface area contributed by atoms with Crippen molar-refractivity contribution in [2.75, 3.05) is 7.11 Å². The molecule has 1 unspecified atom stereocenters. The van der Waals surface area contributed by atoms with Crippen LogP contribution < -0.4 is 11.3 Å². The van der Waals surface area contributed by atoms with Crippen LogP contribution in [0.25, 0.3) is 0 Å². The molecule has 0 saturated heterocycles. The third-order valence-electron chi connectivity index (χ3n) is 4.60. The SMILES string of the molecule is CCCn1ccnc1CC(NN)C1(OC)CCCCC1. The number of hydrazine groups is 1. The van der Waals surface area contributed by atoms with Gasteiger partial charge in [-0.05, 0) is 19.3 Å². The number of aromatic nitrogens is 2. The number of aryl methyl sites for hydroxylation is 1. The summed E-state index contributed by atoms with van der Waals surface area (Å²) in [5.41, 5.74) is 2.85. The first kappa shape index (κ1) is 15.5. The van der Waals surface area contributed by atoms with Crippen molar-refractivity contribution in [3.05, 3.63) is 18.2 Å². The minimum absolute atomic E-state index is 0.116. The Hall–Kier alpha value is -0.910. The molecule has 20 heavy (non-hydrogen) atoms. The van der Waals surface area contributed by atoms with Crippen molar-refractivity contribution < 1.29 is 4.74 Å². The summed E-state index contributed by atoms with van der Waals surface area (Å²) in [5.74, 6) is 6.93. The molecule has 0 bridgehead atoms. The largest absolute Gasteiger partial charge is 0.377 e. The number of methoxy groups -OCH3 is 1. The molecular weight excluding hydrogens is 252 g/mol. The van der Waals surface area contributed by atoms with E-state index in [-0.39, 0.29) is 11.6 Å². The highest BCUT2D eigenvalue weighted by molar-refractivity contribution is 5.03. The van der Waals surface area contributed by atoms with E-state index in [1.807, 2.05) is 19.5 Å². The Morgan fingerprint density at radius 2 is 2.20 bits per heavy atom. The van der Waals surface area contributed by atoms with E-state index in [4.69, 9.17) is 10.6 Å². The first-order valence-corrected chi connectivity index (χ1v) is 7.77. The van der Waals surface area contributed by atoms with Crippen molar-refractivity contribution in [3.8, 4) is 0 Å². The Kier molecular flexibility index (Phi) is 5.57. The second-order valence-corrected chi connectivity index (χ2v) is 5.79. The van der Waals surface area contributed by atoms with Crippen LogP contribution in [-0.2, 0) is 17.7 Å². The van der Waals surface area contributed by atoms with E-state index in [0.717, 1.165) is 38.1 Å². The molecular formula is C15H28N4O. The van der Waals surface area contributed by atoms with Crippen molar-refractivity contribution in [1.29, 1.82) is 0 Å². The molecule has 2 rings (SSSR count). The lowest BCUT2D eigenvalue weighted by molar-refractivity contribution is -0.0679. The maximum Gasteiger partial charge on any atom is 0.110 e. The van der Waals surface area contributed by atoms with Crippen LogP contribution in [0.4, 0.5) is 0 Å². The van der Waals surface area contributed by atoms with Gasteiger partial charge in [-0.3, -0.25) is 11.3 Å². The van der Waals surface area contributed by atoms with Gasteiger partial charge in [0.15, 0.2) is 0 Å². The van der Waals surface area contributed by atoms with E-state index in [2.05, 4.69) is 21.9 Å². The fourth-order valence-electron chi connectivity index (χ4n) is 3.40. The summed E-state index contributed by atoms with van der Waals surface area (Å²) in [6, 6.07) is 0.116. The first-order chi connectivity index (χ1) is 9.75. The molecule has 0 aliphatic heterocycles. The number of hydrogen-bond acceptors (Lipinski definition) is 4. The van der Waals surface area contributed by atoms with Gasteiger partial charge in [-0.15, -0.1) is 0 Å². The minimum atomic E-state index is -0.143. The third-order valence-corrected chi connectivity index (χ3v) is 4.60. The number of ether oxygens (including phenoxy) is 1. The topological polar surface area (TPSA) is 65.1 Å². The van der Waals surface area contributed by atoms with Crippen LogP contribution in [-0.4, -0.2) is 28.3 Å². The number of nitrogens with zero attached hydrogens (tertiary/aromatic N) is 2. The minimum Gasteiger partial charge on any atom is -0.377 e. The predicted octanol–water partition coefficient (Wildman–Crippen LogP) is 2.02. The number of rotatable bonds is 7. The molecule has 0 radical (unpaired) electrons. The molecule has 1 atom stereocenters. The van der Waals surface area contributed by atoms with E-state index in [1.165, 1.54) is 19.3 Å².